The van der Waals surface area contributed by atoms with Gasteiger partial charge in [0.1, 0.15) is 6.04 Å². The number of aryl methyl sites for hydroxylation is 1. The molecule has 0 saturated heterocycles. The lowest BCUT2D eigenvalue weighted by atomic mass is 9.98. The predicted molar refractivity (Wildman–Crippen MR) is 125 cm³/mol. The van der Waals surface area contributed by atoms with E-state index in [4.69, 9.17) is 0 Å². The molecular formula is C23H32N8O3. The zero-order valence-corrected chi connectivity index (χ0v) is 19.8. The second-order valence-electron chi connectivity index (χ2n) is 9.09. The van der Waals surface area contributed by atoms with Gasteiger partial charge in [-0.05, 0) is 29.9 Å². The van der Waals surface area contributed by atoms with Gasteiger partial charge >= 0.3 is 0 Å². The van der Waals surface area contributed by atoms with Gasteiger partial charge in [0.2, 0.25) is 17.7 Å². The van der Waals surface area contributed by atoms with E-state index in [0.29, 0.717) is 25.2 Å². The molecule has 0 spiro atoms. The van der Waals surface area contributed by atoms with Crippen LogP contribution < -0.4 is 20.9 Å². The molecule has 4 N–H and O–H groups in total. The zero-order chi connectivity index (χ0) is 24.2. The van der Waals surface area contributed by atoms with Crippen molar-refractivity contribution in [3.63, 3.8) is 0 Å². The molecule has 2 aliphatic heterocycles. The van der Waals surface area contributed by atoms with E-state index in [0.717, 1.165) is 29.7 Å². The topological polar surface area (TPSA) is 145 Å². The van der Waals surface area contributed by atoms with Crippen molar-refractivity contribution in [2.75, 3.05) is 11.4 Å². The molecule has 0 fully saturated rings. The van der Waals surface area contributed by atoms with E-state index < -0.39 is 12.1 Å². The van der Waals surface area contributed by atoms with Gasteiger partial charge in [-0.3, -0.25) is 19.3 Å². The Morgan fingerprint density at radius 2 is 2.09 bits per heavy atom. The molecule has 0 saturated carbocycles. The number of amides is 3. The van der Waals surface area contributed by atoms with Crippen LogP contribution in [-0.2, 0) is 33.8 Å². The van der Waals surface area contributed by atoms with E-state index in [9.17, 15) is 14.4 Å². The average molecular weight is 469 g/mol. The van der Waals surface area contributed by atoms with Crippen LogP contribution in [0.5, 0.6) is 0 Å². The van der Waals surface area contributed by atoms with Crippen molar-refractivity contribution < 1.29 is 14.4 Å². The molecule has 0 bridgehead atoms. The van der Waals surface area contributed by atoms with Crippen LogP contribution in [0.1, 0.15) is 50.6 Å². The first kappa shape index (κ1) is 23.8. The van der Waals surface area contributed by atoms with Crippen LogP contribution in [0, 0.1) is 5.92 Å². The SMILES string of the molecule is CC[C@H](C)[C@@H](CN[C@H]1CCc2cccc3c2N(C1=O)[C@H](C(=O)NCc1nn[nH]n1)C3)NC(C)=O. The number of aromatic nitrogens is 4. The number of rotatable bonds is 9. The summed E-state index contributed by atoms with van der Waals surface area (Å²) in [6.45, 7) is 6.29. The summed E-state index contributed by atoms with van der Waals surface area (Å²) in [5, 5.41) is 22.8. The number of nitrogens with zero attached hydrogens (tertiary/aromatic N) is 4. The maximum absolute atomic E-state index is 13.8. The first-order valence-corrected chi connectivity index (χ1v) is 11.8. The van der Waals surface area contributed by atoms with E-state index in [-0.39, 0.29) is 36.2 Å². The molecule has 3 amide bonds. The molecule has 1 aromatic carbocycles. The number of aromatic amines is 1. The fraction of sp³-hybridized carbons (Fsp3) is 0.565. The van der Waals surface area contributed by atoms with Crippen molar-refractivity contribution in [2.24, 2.45) is 5.92 Å². The Kier molecular flexibility index (Phi) is 7.20. The summed E-state index contributed by atoms with van der Waals surface area (Å²) in [6.07, 6.45) is 2.72. The summed E-state index contributed by atoms with van der Waals surface area (Å²) in [5.41, 5.74) is 2.93. The maximum atomic E-state index is 13.8. The number of H-pyrrole nitrogens is 1. The third-order valence-corrected chi connectivity index (χ3v) is 6.82. The maximum Gasteiger partial charge on any atom is 0.244 e. The first-order valence-electron chi connectivity index (χ1n) is 11.8. The van der Waals surface area contributed by atoms with E-state index in [1.165, 1.54) is 6.92 Å². The lowest BCUT2D eigenvalue weighted by Crippen LogP contribution is -2.55. The number of hydrogen-bond donors (Lipinski definition) is 4. The molecule has 11 heteroatoms. The van der Waals surface area contributed by atoms with Crippen molar-refractivity contribution in [1.29, 1.82) is 0 Å². The van der Waals surface area contributed by atoms with Gasteiger partial charge in [-0.25, -0.2) is 0 Å². The van der Waals surface area contributed by atoms with Crippen molar-refractivity contribution in [3.8, 4) is 0 Å². The largest absolute Gasteiger partial charge is 0.352 e. The highest BCUT2D eigenvalue weighted by molar-refractivity contribution is 6.06. The number of anilines is 1. The summed E-state index contributed by atoms with van der Waals surface area (Å²) >= 11 is 0. The van der Waals surface area contributed by atoms with E-state index in [2.05, 4.69) is 50.4 Å². The Hall–Kier alpha value is -3.34. The van der Waals surface area contributed by atoms with Crippen molar-refractivity contribution in [2.45, 2.75) is 71.1 Å². The van der Waals surface area contributed by atoms with E-state index in [1.807, 2.05) is 18.2 Å². The van der Waals surface area contributed by atoms with Gasteiger partial charge in [-0.1, -0.05) is 43.7 Å². The molecule has 2 aromatic rings. The Morgan fingerprint density at radius 3 is 2.79 bits per heavy atom. The average Bonchev–Trinajstić information content (AvgIpc) is 3.45. The third-order valence-electron chi connectivity index (χ3n) is 6.82. The normalized spacial score (nSPS) is 20.9. The quantitative estimate of drug-likeness (QED) is 0.412. The van der Waals surface area contributed by atoms with Crippen LogP contribution in [-0.4, -0.2) is 63.0 Å². The molecule has 1 aromatic heterocycles. The minimum absolute atomic E-state index is 0.0795. The van der Waals surface area contributed by atoms with Crippen LogP contribution in [0.25, 0.3) is 0 Å². The Morgan fingerprint density at radius 1 is 1.29 bits per heavy atom. The highest BCUT2D eigenvalue weighted by atomic mass is 16.2. The Bertz CT molecular complexity index is 1040. The number of benzene rings is 1. The van der Waals surface area contributed by atoms with Gasteiger partial charge in [0.05, 0.1) is 18.3 Å². The van der Waals surface area contributed by atoms with Crippen LogP contribution in [0.4, 0.5) is 5.69 Å². The molecule has 4 atom stereocenters. The molecule has 34 heavy (non-hydrogen) atoms. The summed E-state index contributed by atoms with van der Waals surface area (Å²) in [4.78, 5) is 40.2. The first-order chi connectivity index (χ1) is 16.4. The molecular weight excluding hydrogens is 436 g/mol. The lowest BCUT2D eigenvalue weighted by Gasteiger charge is -2.30. The standard InChI is InChI=1S/C23H32N8O3/c1-4-13(2)18(26-14(3)32)11-24-17-9-8-15-6-5-7-16-10-19(31(21(15)16)23(17)34)22(33)25-12-20-27-29-30-28-20/h5-7,13,17-19,24H,4,8-12H2,1-3H3,(H,25,33)(H,26,32)(H,27,28,29,30)/t13-,17-,18+,19-/m0/s1. The fourth-order valence-electron chi connectivity index (χ4n) is 4.78. The third kappa shape index (κ3) is 4.93. The van der Waals surface area contributed by atoms with Crippen molar-refractivity contribution in [3.05, 3.63) is 35.2 Å². The van der Waals surface area contributed by atoms with Gasteiger partial charge in [0, 0.05) is 25.9 Å². The molecule has 0 unspecified atom stereocenters. The number of para-hydroxylation sites is 1. The molecule has 3 heterocycles. The van der Waals surface area contributed by atoms with Crippen molar-refractivity contribution in [1.82, 2.24) is 36.6 Å². The van der Waals surface area contributed by atoms with Crippen molar-refractivity contribution >= 4 is 23.4 Å². The minimum atomic E-state index is -0.640. The van der Waals surface area contributed by atoms with Gasteiger partial charge in [0.25, 0.3) is 0 Å². The van der Waals surface area contributed by atoms with E-state index >= 15 is 0 Å². The van der Waals surface area contributed by atoms with E-state index in [1.54, 1.807) is 4.90 Å². The summed E-state index contributed by atoms with van der Waals surface area (Å²) in [5.74, 6) is 0.178. The van der Waals surface area contributed by atoms with Crippen LogP contribution in [0.3, 0.4) is 0 Å². The van der Waals surface area contributed by atoms with Gasteiger partial charge in [-0.2, -0.15) is 5.21 Å². The number of hydrogen-bond acceptors (Lipinski definition) is 7. The van der Waals surface area contributed by atoms with Gasteiger partial charge in [-0.15, -0.1) is 10.2 Å². The number of nitrogens with one attached hydrogen (secondary N) is 4. The van der Waals surface area contributed by atoms with Crippen LogP contribution >= 0.6 is 0 Å². The minimum Gasteiger partial charge on any atom is -0.352 e. The second kappa shape index (κ2) is 10.3. The molecule has 11 nitrogen and oxygen atoms in total. The molecule has 2 aliphatic rings. The van der Waals surface area contributed by atoms with Gasteiger partial charge in [0.15, 0.2) is 5.82 Å². The number of carbonyl (C=O) groups is 3. The monoisotopic (exact) mass is 468 g/mol. The number of carbonyl (C=O) groups excluding carboxylic acids is 3. The Labute approximate surface area is 198 Å². The molecule has 0 aliphatic carbocycles. The van der Waals surface area contributed by atoms with Gasteiger partial charge < -0.3 is 16.0 Å². The fourth-order valence-corrected chi connectivity index (χ4v) is 4.78. The highest BCUT2D eigenvalue weighted by Gasteiger charge is 2.43. The summed E-state index contributed by atoms with van der Waals surface area (Å²) in [7, 11) is 0. The predicted octanol–water partition coefficient (Wildman–Crippen LogP) is 0.229. The summed E-state index contributed by atoms with van der Waals surface area (Å²) in [6, 6.07) is 4.82. The molecule has 182 valence electrons. The number of tetrazole rings is 1. The highest BCUT2D eigenvalue weighted by Crippen LogP contribution is 2.39. The summed E-state index contributed by atoms with van der Waals surface area (Å²) < 4.78 is 0. The second-order valence-corrected chi connectivity index (χ2v) is 9.09. The smallest absolute Gasteiger partial charge is 0.244 e. The Balaban J connectivity index is 1.52. The molecule has 4 rings (SSSR count). The lowest BCUT2D eigenvalue weighted by molar-refractivity contribution is -0.127. The molecule has 0 radical (unpaired) electrons. The zero-order valence-electron chi connectivity index (χ0n) is 19.8. The van der Waals surface area contributed by atoms with Crippen LogP contribution in [0.2, 0.25) is 0 Å². The van der Waals surface area contributed by atoms with Crippen LogP contribution in [0.15, 0.2) is 18.2 Å².